The van der Waals surface area contributed by atoms with Crippen molar-refractivity contribution in [3.8, 4) is 0 Å². The molecule has 2 amide bonds. The van der Waals surface area contributed by atoms with Crippen LogP contribution in [-0.4, -0.2) is 60.4 Å². The molecule has 0 aromatic carbocycles. The first-order valence-electron chi connectivity index (χ1n) is 8.47. The molecule has 23 heavy (non-hydrogen) atoms. The quantitative estimate of drug-likeness (QED) is 0.890. The molecule has 0 atom stereocenters. The Labute approximate surface area is 141 Å². The Morgan fingerprint density at radius 2 is 1.96 bits per heavy atom. The molecule has 1 N–H and O–H groups in total. The molecule has 1 saturated heterocycles. The number of carbonyl (C=O) groups excluding carboxylic acids is 2. The summed E-state index contributed by atoms with van der Waals surface area (Å²) >= 11 is 1.60. The minimum Gasteiger partial charge on any atom is -0.352 e. The summed E-state index contributed by atoms with van der Waals surface area (Å²) in [5, 5.41) is 3.02. The smallest absolute Gasteiger partial charge is 0.264 e. The van der Waals surface area contributed by atoms with Crippen molar-refractivity contribution in [2.75, 3.05) is 32.7 Å². The number of rotatable bonds is 5. The predicted octanol–water partition coefficient (Wildman–Crippen LogP) is 1.66. The first kappa shape index (κ1) is 16.5. The third-order valence-electron chi connectivity index (χ3n) is 4.58. The summed E-state index contributed by atoms with van der Waals surface area (Å²) in [6.45, 7) is 7.60. The molecular formula is C17H25N3O2S. The minimum absolute atomic E-state index is 0.119. The molecule has 1 aliphatic carbocycles. The van der Waals surface area contributed by atoms with E-state index in [4.69, 9.17) is 0 Å². The molecule has 0 bridgehead atoms. The summed E-state index contributed by atoms with van der Waals surface area (Å²) in [5.74, 6) is 0.258. The topological polar surface area (TPSA) is 52.7 Å². The average Bonchev–Trinajstić information content (AvgIpc) is 3.26. The van der Waals surface area contributed by atoms with Crippen molar-refractivity contribution in [1.29, 1.82) is 0 Å². The highest BCUT2D eigenvalue weighted by atomic mass is 32.1. The predicted molar refractivity (Wildman–Crippen MR) is 91.9 cm³/mol. The van der Waals surface area contributed by atoms with E-state index in [1.165, 1.54) is 10.4 Å². The fourth-order valence-electron chi connectivity index (χ4n) is 2.95. The molecule has 5 nitrogen and oxygen atoms in total. The normalized spacial score (nSPS) is 19.0. The molecule has 3 rings (SSSR count). The van der Waals surface area contributed by atoms with Crippen LogP contribution in [0.25, 0.3) is 0 Å². The largest absolute Gasteiger partial charge is 0.352 e. The number of carbonyl (C=O) groups is 2. The molecule has 1 aromatic heterocycles. The van der Waals surface area contributed by atoms with Crippen LogP contribution in [0.15, 0.2) is 6.07 Å². The number of piperazine rings is 1. The van der Waals surface area contributed by atoms with Gasteiger partial charge in [0.25, 0.3) is 5.91 Å². The molecule has 0 unspecified atom stereocenters. The molecule has 1 aliphatic heterocycles. The van der Waals surface area contributed by atoms with Crippen LogP contribution in [0.5, 0.6) is 0 Å². The van der Waals surface area contributed by atoms with Gasteiger partial charge in [0.05, 0.1) is 11.4 Å². The van der Waals surface area contributed by atoms with E-state index >= 15 is 0 Å². The second kappa shape index (κ2) is 7.01. The summed E-state index contributed by atoms with van der Waals surface area (Å²) in [7, 11) is 0. The second-order valence-corrected chi connectivity index (χ2v) is 7.71. The van der Waals surface area contributed by atoms with E-state index in [1.54, 1.807) is 11.3 Å². The summed E-state index contributed by atoms with van der Waals surface area (Å²) < 4.78 is 0. The zero-order valence-electron chi connectivity index (χ0n) is 13.9. The van der Waals surface area contributed by atoms with Gasteiger partial charge in [0.1, 0.15) is 0 Å². The van der Waals surface area contributed by atoms with Gasteiger partial charge in [-0.25, -0.2) is 0 Å². The first-order chi connectivity index (χ1) is 11.1. The summed E-state index contributed by atoms with van der Waals surface area (Å²) in [6.07, 6.45) is 3.21. The van der Waals surface area contributed by atoms with E-state index in [-0.39, 0.29) is 11.8 Å². The van der Waals surface area contributed by atoms with E-state index in [9.17, 15) is 9.59 Å². The van der Waals surface area contributed by atoms with E-state index in [2.05, 4.69) is 24.1 Å². The third-order valence-corrected chi connectivity index (χ3v) is 5.66. The van der Waals surface area contributed by atoms with Gasteiger partial charge in [0, 0.05) is 37.1 Å². The Hall–Kier alpha value is -1.40. The van der Waals surface area contributed by atoms with Crippen LogP contribution in [0.3, 0.4) is 0 Å². The maximum atomic E-state index is 12.6. The lowest BCUT2D eigenvalue weighted by Gasteiger charge is -2.34. The van der Waals surface area contributed by atoms with Crippen molar-refractivity contribution < 1.29 is 9.59 Å². The van der Waals surface area contributed by atoms with Crippen LogP contribution in [0.1, 0.15) is 39.9 Å². The van der Waals surface area contributed by atoms with Crippen molar-refractivity contribution in [3.05, 3.63) is 21.4 Å². The van der Waals surface area contributed by atoms with Crippen LogP contribution < -0.4 is 5.32 Å². The molecule has 2 aliphatic rings. The summed E-state index contributed by atoms with van der Waals surface area (Å²) in [4.78, 5) is 30.6. The van der Waals surface area contributed by atoms with Crippen molar-refractivity contribution in [1.82, 2.24) is 15.1 Å². The van der Waals surface area contributed by atoms with E-state index in [0.717, 1.165) is 37.2 Å². The highest BCUT2D eigenvalue weighted by Gasteiger charge is 2.27. The van der Waals surface area contributed by atoms with E-state index < -0.39 is 0 Å². The molecular weight excluding hydrogens is 310 g/mol. The van der Waals surface area contributed by atoms with Gasteiger partial charge in [0.15, 0.2) is 0 Å². The maximum absolute atomic E-state index is 12.6. The monoisotopic (exact) mass is 335 g/mol. The van der Waals surface area contributed by atoms with Crippen molar-refractivity contribution >= 4 is 23.2 Å². The molecule has 2 fully saturated rings. The number of amides is 2. The van der Waals surface area contributed by atoms with Gasteiger partial charge < -0.3 is 10.2 Å². The molecule has 2 heterocycles. The van der Waals surface area contributed by atoms with Crippen LogP contribution in [0.2, 0.25) is 0 Å². The molecule has 6 heteroatoms. The van der Waals surface area contributed by atoms with Crippen molar-refractivity contribution in [3.63, 3.8) is 0 Å². The third kappa shape index (κ3) is 4.12. The zero-order chi connectivity index (χ0) is 16.4. The minimum atomic E-state index is 0.119. The van der Waals surface area contributed by atoms with Crippen molar-refractivity contribution in [2.24, 2.45) is 0 Å². The Balaban J connectivity index is 1.49. The lowest BCUT2D eigenvalue weighted by Crippen LogP contribution is -2.51. The fourth-order valence-corrected chi connectivity index (χ4v) is 4.03. The number of hydrogen-bond acceptors (Lipinski definition) is 4. The Bertz CT molecular complexity index is 587. The molecule has 126 valence electrons. The average molecular weight is 335 g/mol. The maximum Gasteiger partial charge on any atom is 0.264 e. The Kier molecular flexibility index (Phi) is 5.02. The number of nitrogens with one attached hydrogen (secondary N) is 1. The van der Waals surface area contributed by atoms with Crippen LogP contribution in [0.4, 0.5) is 0 Å². The van der Waals surface area contributed by atoms with E-state index in [0.29, 0.717) is 25.7 Å². The standard InChI is InChI=1S/C17H25N3O2S/c1-3-13-10-15(23-12(13)2)17(22)20-8-6-19(7-9-20)11-16(21)18-14-4-5-14/h10,14H,3-9,11H2,1-2H3,(H,18,21). The highest BCUT2D eigenvalue weighted by molar-refractivity contribution is 7.14. The summed E-state index contributed by atoms with van der Waals surface area (Å²) in [6, 6.07) is 2.46. The van der Waals surface area contributed by atoms with Crippen LogP contribution >= 0.6 is 11.3 Å². The molecule has 1 saturated carbocycles. The van der Waals surface area contributed by atoms with Gasteiger partial charge in [-0.3, -0.25) is 14.5 Å². The second-order valence-electron chi connectivity index (χ2n) is 6.46. The van der Waals surface area contributed by atoms with Crippen molar-refractivity contribution in [2.45, 2.75) is 39.2 Å². The van der Waals surface area contributed by atoms with Gasteiger partial charge in [0.2, 0.25) is 5.91 Å². The summed E-state index contributed by atoms with van der Waals surface area (Å²) in [5.41, 5.74) is 1.27. The van der Waals surface area contributed by atoms with Gasteiger partial charge in [-0.2, -0.15) is 0 Å². The Morgan fingerprint density at radius 3 is 2.52 bits per heavy atom. The van der Waals surface area contributed by atoms with Gasteiger partial charge in [-0.15, -0.1) is 11.3 Å². The highest BCUT2D eigenvalue weighted by Crippen LogP contribution is 2.24. The van der Waals surface area contributed by atoms with Crippen LogP contribution in [-0.2, 0) is 11.2 Å². The lowest BCUT2D eigenvalue weighted by atomic mass is 10.2. The van der Waals surface area contributed by atoms with Gasteiger partial charge in [-0.1, -0.05) is 6.92 Å². The van der Waals surface area contributed by atoms with Gasteiger partial charge in [-0.05, 0) is 37.8 Å². The number of aryl methyl sites for hydroxylation is 2. The van der Waals surface area contributed by atoms with Gasteiger partial charge >= 0.3 is 0 Å². The zero-order valence-corrected chi connectivity index (χ0v) is 14.7. The number of nitrogens with zero attached hydrogens (tertiary/aromatic N) is 2. The fraction of sp³-hybridized carbons (Fsp3) is 0.647. The SMILES string of the molecule is CCc1cc(C(=O)N2CCN(CC(=O)NC3CC3)CC2)sc1C. The molecule has 1 aromatic rings. The molecule has 0 spiro atoms. The number of hydrogen-bond donors (Lipinski definition) is 1. The molecule has 0 radical (unpaired) electrons. The first-order valence-corrected chi connectivity index (χ1v) is 9.28. The Morgan fingerprint density at radius 1 is 1.26 bits per heavy atom. The van der Waals surface area contributed by atoms with Crippen LogP contribution in [0, 0.1) is 6.92 Å². The van der Waals surface area contributed by atoms with E-state index in [1.807, 2.05) is 11.0 Å². The lowest BCUT2D eigenvalue weighted by molar-refractivity contribution is -0.122. The number of thiophene rings is 1.